The molecule has 1 atom stereocenters. The quantitative estimate of drug-likeness (QED) is 0.539. The molecule has 3 nitrogen and oxygen atoms in total. The first-order valence-electron chi connectivity index (χ1n) is 5.64. The molecule has 0 radical (unpaired) electrons. The van der Waals surface area contributed by atoms with Gasteiger partial charge in [0.25, 0.3) is 0 Å². The fourth-order valence-electron chi connectivity index (χ4n) is 2.36. The van der Waals surface area contributed by atoms with Crippen molar-refractivity contribution in [2.75, 3.05) is 0 Å². The molecule has 0 heterocycles. The van der Waals surface area contributed by atoms with E-state index in [4.69, 9.17) is 11.2 Å². The predicted molar refractivity (Wildman–Crippen MR) is 60.1 cm³/mol. The molecule has 0 N–H and O–H groups in total. The van der Waals surface area contributed by atoms with E-state index in [-0.39, 0.29) is 0 Å². The molecule has 0 spiro atoms. The van der Waals surface area contributed by atoms with Crippen molar-refractivity contribution in [3.8, 4) is 18.4 Å². The average Bonchev–Trinajstić information content (AvgIpc) is 2.16. The van der Waals surface area contributed by atoms with E-state index in [0.717, 1.165) is 25.7 Å². The van der Waals surface area contributed by atoms with Gasteiger partial charge in [0.05, 0.1) is 6.07 Å². The number of rotatable bonds is 4. The SMILES string of the molecule is C#C[C@@](CCC)(OC(C)=O)C1(C#N)CCC1. The van der Waals surface area contributed by atoms with Gasteiger partial charge < -0.3 is 4.74 Å². The molecule has 0 bridgehead atoms. The molecule has 16 heavy (non-hydrogen) atoms. The number of carbonyl (C=O) groups is 1. The Bertz CT molecular complexity index is 357. The number of hydrogen-bond donors (Lipinski definition) is 0. The summed E-state index contributed by atoms with van der Waals surface area (Å²) < 4.78 is 5.33. The number of terminal acetylenes is 1. The highest BCUT2D eigenvalue weighted by molar-refractivity contribution is 5.67. The summed E-state index contributed by atoms with van der Waals surface area (Å²) in [6, 6.07) is 2.28. The number of nitrogens with zero attached hydrogens (tertiary/aromatic N) is 1. The Kier molecular flexibility index (Phi) is 3.60. The highest BCUT2D eigenvalue weighted by Crippen LogP contribution is 2.52. The van der Waals surface area contributed by atoms with Crippen LogP contribution in [-0.2, 0) is 9.53 Å². The van der Waals surface area contributed by atoms with E-state index in [2.05, 4.69) is 12.0 Å². The lowest BCUT2D eigenvalue weighted by molar-refractivity contribution is -0.166. The molecule has 1 fully saturated rings. The molecule has 0 aliphatic heterocycles. The molecule has 3 heteroatoms. The first-order chi connectivity index (χ1) is 7.56. The molecule has 1 rings (SSSR count). The van der Waals surface area contributed by atoms with Crippen LogP contribution in [0.25, 0.3) is 0 Å². The molecule has 0 unspecified atom stereocenters. The molecule has 0 amide bonds. The van der Waals surface area contributed by atoms with E-state index < -0.39 is 17.0 Å². The van der Waals surface area contributed by atoms with Crippen molar-refractivity contribution < 1.29 is 9.53 Å². The van der Waals surface area contributed by atoms with E-state index in [1.165, 1.54) is 6.92 Å². The summed E-state index contributed by atoms with van der Waals surface area (Å²) in [4.78, 5) is 11.2. The molecular formula is C13H17NO2. The van der Waals surface area contributed by atoms with Gasteiger partial charge in [-0.15, -0.1) is 6.42 Å². The Labute approximate surface area is 96.8 Å². The smallest absolute Gasteiger partial charge is 0.304 e. The Morgan fingerprint density at radius 3 is 2.50 bits per heavy atom. The van der Waals surface area contributed by atoms with Crippen molar-refractivity contribution in [2.45, 2.75) is 51.6 Å². The van der Waals surface area contributed by atoms with Gasteiger partial charge in [0.15, 0.2) is 5.60 Å². The lowest BCUT2D eigenvalue weighted by atomic mass is 9.58. The van der Waals surface area contributed by atoms with Crippen LogP contribution >= 0.6 is 0 Å². The van der Waals surface area contributed by atoms with Crippen LogP contribution < -0.4 is 0 Å². The van der Waals surface area contributed by atoms with Crippen molar-refractivity contribution in [2.24, 2.45) is 5.41 Å². The zero-order valence-corrected chi connectivity index (χ0v) is 9.88. The van der Waals surface area contributed by atoms with Gasteiger partial charge in [-0.2, -0.15) is 5.26 Å². The summed E-state index contributed by atoms with van der Waals surface area (Å²) in [6.07, 6.45) is 9.30. The zero-order valence-electron chi connectivity index (χ0n) is 9.88. The molecule has 1 saturated carbocycles. The van der Waals surface area contributed by atoms with E-state index >= 15 is 0 Å². The Hall–Kier alpha value is -1.48. The minimum Gasteiger partial charge on any atom is -0.444 e. The first-order valence-corrected chi connectivity index (χ1v) is 5.64. The third-order valence-corrected chi connectivity index (χ3v) is 3.35. The monoisotopic (exact) mass is 219 g/mol. The maximum Gasteiger partial charge on any atom is 0.304 e. The van der Waals surface area contributed by atoms with Crippen LogP contribution in [0.3, 0.4) is 0 Å². The number of esters is 1. The first kappa shape index (κ1) is 12.6. The second-order valence-corrected chi connectivity index (χ2v) is 4.36. The normalized spacial score (nSPS) is 20.8. The van der Waals surface area contributed by atoms with Gasteiger partial charge in [-0.05, 0) is 19.3 Å². The zero-order chi connectivity index (χ0) is 12.2. The highest BCUT2D eigenvalue weighted by atomic mass is 16.6. The molecule has 0 aromatic rings. The van der Waals surface area contributed by atoms with Gasteiger partial charge in [-0.3, -0.25) is 4.79 Å². The Morgan fingerprint density at radius 2 is 2.25 bits per heavy atom. The van der Waals surface area contributed by atoms with Crippen molar-refractivity contribution in [1.29, 1.82) is 5.26 Å². The number of ether oxygens (including phenoxy) is 1. The van der Waals surface area contributed by atoms with Gasteiger partial charge in [-0.25, -0.2) is 0 Å². The van der Waals surface area contributed by atoms with Crippen molar-refractivity contribution in [3.05, 3.63) is 0 Å². The van der Waals surface area contributed by atoms with Gasteiger partial charge in [0.1, 0.15) is 5.41 Å². The third kappa shape index (κ3) is 1.78. The summed E-state index contributed by atoms with van der Waals surface area (Å²) >= 11 is 0. The van der Waals surface area contributed by atoms with E-state index in [0.29, 0.717) is 6.42 Å². The van der Waals surface area contributed by atoms with E-state index in [9.17, 15) is 10.1 Å². The van der Waals surface area contributed by atoms with Crippen LogP contribution in [0.1, 0.15) is 46.0 Å². The van der Waals surface area contributed by atoms with E-state index in [1.807, 2.05) is 6.92 Å². The number of hydrogen-bond acceptors (Lipinski definition) is 3. The van der Waals surface area contributed by atoms with Crippen molar-refractivity contribution in [1.82, 2.24) is 0 Å². The lowest BCUT2D eigenvalue weighted by Gasteiger charge is -2.47. The summed E-state index contributed by atoms with van der Waals surface area (Å²) in [5.41, 5.74) is -1.69. The second-order valence-electron chi connectivity index (χ2n) is 4.36. The maximum absolute atomic E-state index is 11.2. The molecule has 1 aliphatic rings. The summed E-state index contributed by atoms with van der Waals surface area (Å²) in [5.74, 6) is 2.17. The maximum atomic E-state index is 11.2. The number of carbonyl (C=O) groups excluding carboxylic acids is 1. The molecular weight excluding hydrogens is 202 g/mol. The molecule has 1 aliphatic carbocycles. The molecule has 0 aromatic carbocycles. The summed E-state index contributed by atoms with van der Waals surface area (Å²) in [7, 11) is 0. The topological polar surface area (TPSA) is 50.1 Å². The fourth-order valence-corrected chi connectivity index (χ4v) is 2.36. The van der Waals surface area contributed by atoms with Gasteiger partial charge in [0.2, 0.25) is 0 Å². The standard InChI is InChI=1S/C13H17NO2/c1-4-7-13(5-2,16-11(3)15)12(10-14)8-6-9-12/h2H,4,6-9H2,1,3H3/t13-/m0/s1. The van der Waals surface area contributed by atoms with Crippen LogP contribution in [0.5, 0.6) is 0 Å². The Morgan fingerprint density at radius 1 is 1.62 bits per heavy atom. The minimum atomic E-state index is -1.03. The summed E-state index contributed by atoms with van der Waals surface area (Å²) in [6.45, 7) is 3.31. The number of nitriles is 1. The molecule has 86 valence electrons. The molecule has 0 saturated heterocycles. The minimum absolute atomic E-state index is 0.409. The molecule has 0 aromatic heterocycles. The predicted octanol–water partition coefficient (Wildman–Crippen LogP) is 2.42. The lowest BCUT2D eigenvalue weighted by Crippen LogP contribution is -2.53. The van der Waals surface area contributed by atoms with Crippen LogP contribution in [0, 0.1) is 29.1 Å². The van der Waals surface area contributed by atoms with Gasteiger partial charge in [0, 0.05) is 13.3 Å². The third-order valence-electron chi connectivity index (χ3n) is 3.35. The fraction of sp³-hybridized carbons (Fsp3) is 0.692. The van der Waals surface area contributed by atoms with Crippen molar-refractivity contribution >= 4 is 5.97 Å². The Balaban J connectivity index is 3.07. The van der Waals surface area contributed by atoms with Gasteiger partial charge >= 0.3 is 5.97 Å². The second kappa shape index (κ2) is 4.58. The van der Waals surface area contributed by atoms with E-state index in [1.54, 1.807) is 0 Å². The van der Waals surface area contributed by atoms with Crippen molar-refractivity contribution in [3.63, 3.8) is 0 Å². The van der Waals surface area contributed by atoms with Crippen LogP contribution in [-0.4, -0.2) is 11.6 Å². The van der Waals surface area contributed by atoms with Crippen LogP contribution in [0.2, 0.25) is 0 Å². The average molecular weight is 219 g/mol. The largest absolute Gasteiger partial charge is 0.444 e. The van der Waals surface area contributed by atoms with Gasteiger partial charge in [-0.1, -0.05) is 19.3 Å². The summed E-state index contributed by atoms with van der Waals surface area (Å²) in [5, 5.41) is 9.31. The van der Waals surface area contributed by atoms with Crippen LogP contribution in [0.4, 0.5) is 0 Å². The highest BCUT2D eigenvalue weighted by Gasteiger charge is 2.56. The van der Waals surface area contributed by atoms with Crippen LogP contribution in [0.15, 0.2) is 0 Å².